The molecule has 0 fully saturated rings. The number of aromatic nitrogens is 4. The number of amides is 1. The number of carbonyl (C=O) groups is 1. The van der Waals surface area contributed by atoms with Gasteiger partial charge >= 0.3 is 0 Å². The lowest BCUT2D eigenvalue weighted by atomic mass is 10.2. The second-order valence-corrected chi connectivity index (χ2v) is 4.86. The summed E-state index contributed by atoms with van der Waals surface area (Å²) in [7, 11) is 0. The molecule has 3 rings (SSSR count). The maximum Gasteiger partial charge on any atom is 0.248 e. The van der Waals surface area contributed by atoms with Crippen molar-refractivity contribution in [1.29, 1.82) is 0 Å². The van der Waals surface area contributed by atoms with Gasteiger partial charge in [0.25, 0.3) is 0 Å². The van der Waals surface area contributed by atoms with Crippen LogP contribution in [0.15, 0.2) is 61.3 Å². The average molecular weight is 305 g/mol. The fraction of sp³-hybridized carbons (Fsp3) is 0.0588. The molecule has 3 aromatic heterocycles. The lowest BCUT2D eigenvalue weighted by molar-refractivity contribution is -0.111. The predicted molar refractivity (Wildman–Crippen MR) is 88.0 cm³/mol. The molecule has 6 heteroatoms. The Balaban J connectivity index is 1.65. The van der Waals surface area contributed by atoms with E-state index in [2.05, 4.69) is 20.3 Å². The van der Waals surface area contributed by atoms with Gasteiger partial charge in [-0.3, -0.25) is 14.3 Å². The van der Waals surface area contributed by atoms with E-state index in [1.165, 1.54) is 6.08 Å². The molecule has 0 aliphatic carbocycles. The lowest BCUT2D eigenvalue weighted by Gasteiger charge is -2.06. The van der Waals surface area contributed by atoms with E-state index in [1.54, 1.807) is 36.9 Å². The minimum Gasteiger partial charge on any atom is -0.321 e. The second kappa shape index (κ2) is 6.65. The summed E-state index contributed by atoms with van der Waals surface area (Å²) in [6.45, 7) is 1.90. The van der Waals surface area contributed by atoms with Gasteiger partial charge in [0, 0.05) is 30.9 Å². The fourth-order valence-electron chi connectivity index (χ4n) is 2.05. The van der Waals surface area contributed by atoms with Gasteiger partial charge in [-0.15, -0.1) is 0 Å². The van der Waals surface area contributed by atoms with E-state index in [-0.39, 0.29) is 5.91 Å². The average Bonchev–Trinajstić information content (AvgIpc) is 3.01. The molecule has 0 unspecified atom stereocenters. The zero-order valence-corrected chi connectivity index (χ0v) is 12.5. The van der Waals surface area contributed by atoms with Crippen molar-refractivity contribution in [3.05, 3.63) is 72.7 Å². The number of aryl methyl sites for hydroxylation is 1. The van der Waals surface area contributed by atoms with Crippen molar-refractivity contribution in [2.24, 2.45) is 0 Å². The second-order valence-electron chi connectivity index (χ2n) is 4.86. The van der Waals surface area contributed by atoms with Crippen molar-refractivity contribution >= 4 is 17.7 Å². The zero-order chi connectivity index (χ0) is 16.1. The quantitative estimate of drug-likeness (QED) is 0.752. The first-order valence-electron chi connectivity index (χ1n) is 7.08. The molecule has 0 aliphatic heterocycles. The number of nitrogens with one attached hydrogen (secondary N) is 1. The summed E-state index contributed by atoms with van der Waals surface area (Å²) in [6, 6.07) is 7.33. The van der Waals surface area contributed by atoms with Gasteiger partial charge in [0.15, 0.2) is 0 Å². The monoisotopic (exact) mass is 305 g/mol. The summed E-state index contributed by atoms with van der Waals surface area (Å²) < 4.78 is 1.87. The Bertz CT molecular complexity index is 822. The molecule has 0 aromatic carbocycles. The molecule has 1 N–H and O–H groups in total. The molecule has 0 spiro atoms. The number of pyridine rings is 2. The van der Waals surface area contributed by atoms with Gasteiger partial charge in [-0.25, -0.2) is 9.97 Å². The van der Waals surface area contributed by atoms with Gasteiger partial charge in [0.2, 0.25) is 5.91 Å². The number of carbonyl (C=O) groups excluding carboxylic acids is 1. The van der Waals surface area contributed by atoms with Crippen LogP contribution in [-0.2, 0) is 4.79 Å². The van der Waals surface area contributed by atoms with Crippen molar-refractivity contribution in [2.75, 3.05) is 5.32 Å². The van der Waals surface area contributed by atoms with Gasteiger partial charge in [-0.1, -0.05) is 6.07 Å². The third kappa shape index (κ3) is 3.68. The van der Waals surface area contributed by atoms with Crippen LogP contribution < -0.4 is 5.32 Å². The Kier molecular flexibility index (Phi) is 4.24. The van der Waals surface area contributed by atoms with Gasteiger partial charge < -0.3 is 5.32 Å². The number of anilines is 1. The molecular formula is C17H15N5O. The molecule has 0 radical (unpaired) electrons. The van der Waals surface area contributed by atoms with Crippen LogP contribution in [0.2, 0.25) is 0 Å². The molecular weight excluding hydrogens is 290 g/mol. The summed E-state index contributed by atoms with van der Waals surface area (Å²) in [5, 5.41) is 2.77. The molecule has 6 nitrogen and oxygen atoms in total. The Labute approximate surface area is 133 Å². The first kappa shape index (κ1) is 14.6. The molecule has 23 heavy (non-hydrogen) atoms. The Morgan fingerprint density at radius 3 is 2.74 bits per heavy atom. The molecule has 0 atom stereocenters. The third-order valence-corrected chi connectivity index (χ3v) is 3.20. The molecule has 3 heterocycles. The van der Waals surface area contributed by atoms with Crippen LogP contribution in [0.25, 0.3) is 11.9 Å². The van der Waals surface area contributed by atoms with Crippen LogP contribution in [0.3, 0.4) is 0 Å². The van der Waals surface area contributed by atoms with E-state index in [0.29, 0.717) is 5.69 Å². The fourth-order valence-corrected chi connectivity index (χ4v) is 2.05. The first-order chi connectivity index (χ1) is 11.2. The molecule has 0 saturated carbocycles. The van der Waals surface area contributed by atoms with Crippen LogP contribution in [0.4, 0.5) is 5.69 Å². The van der Waals surface area contributed by atoms with Crippen LogP contribution in [-0.4, -0.2) is 25.4 Å². The van der Waals surface area contributed by atoms with E-state index >= 15 is 0 Å². The summed E-state index contributed by atoms with van der Waals surface area (Å²) in [5.74, 6) is 1.39. The van der Waals surface area contributed by atoms with Crippen LogP contribution in [0.1, 0.15) is 11.4 Å². The normalized spacial score (nSPS) is 10.8. The standard InChI is InChI=1S/C17H15N5O/c1-13-19-9-10-22(13)16-6-5-15(12-20-16)21-17(23)7-4-14-3-2-8-18-11-14/h2-12H,1H3,(H,21,23)/b7-4-. The van der Waals surface area contributed by atoms with Gasteiger partial charge in [-0.05, 0) is 36.8 Å². The molecule has 1 amide bonds. The number of imidazole rings is 1. The summed E-state index contributed by atoms with van der Waals surface area (Å²) in [4.78, 5) is 24.4. The Hall–Kier alpha value is -3.28. The van der Waals surface area contributed by atoms with E-state index in [4.69, 9.17) is 0 Å². The van der Waals surface area contributed by atoms with Gasteiger partial charge in [-0.2, -0.15) is 0 Å². The van der Waals surface area contributed by atoms with Gasteiger partial charge in [0.1, 0.15) is 11.6 Å². The number of rotatable bonds is 4. The number of hydrogen-bond acceptors (Lipinski definition) is 4. The van der Waals surface area contributed by atoms with Crippen molar-refractivity contribution < 1.29 is 4.79 Å². The van der Waals surface area contributed by atoms with Crippen LogP contribution in [0.5, 0.6) is 0 Å². The topological polar surface area (TPSA) is 72.7 Å². The summed E-state index contributed by atoms with van der Waals surface area (Å²) >= 11 is 0. The predicted octanol–water partition coefficient (Wildman–Crippen LogP) is 2.62. The van der Waals surface area contributed by atoms with E-state index < -0.39 is 0 Å². The maximum absolute atomic E-state index is 11.9. The minimum atomic E-state index is -0.220. The van der Waals surface area contributed by atoms with E-state index in [9.17, 15) is 4.79 Å². The molecule has 3 aromatic rings. The minimum absolute atomic E-state index is 0.220. The van der Waals surface area contributed by atoms with Gasteiger partial charge in [0.05, 0.1) is 11.9 Å². The summed E-state index contributed by atoms with van der Waals surface area (Å²) in [5.41, 5.74) is 1.50. The SMILES string of the molecule is Cc1nccn1-c1ccc(NC(=O)/C=C\c2cccnc2)cn1. The van der Waals surface area contributed by atoms with E-state index in [0.717, 1.165) is 17.2 Å². The van der Waals surface area contributed by atoms with Crippen molar-refractivity contribution in [2.45, 2.75) is 6.92 Å². The maximum atomic E-state index is 11.9. The molecule has 0 bridgehead atoms. The summed E-state index contributed by atoms with van der Waals surface area (Å²) in [6.07, 6.45) is 11.7. The van der Waals surface area contributed by atoms with Crippen molar-refractivity contribution in [1.82, 2.24) is 19.5 Å². The first-order valence-corrected chi connectivity index (χ1v) is 7.08. The van der Waals surface area contributed by atoms with Crippen LogP contribution in [0, 0.1) is 6.92 Å². The number of nitrogens with zero attached hydrogens (tertiary/aromatic N) is 4. The largest absolute Gasteiger partial charge is 0.321 e. The molecule has 114 valence electrons. The highest BCUT2D eigenvalue weighted by Gasteiger charge is 2.03. The zero-order valence-electron chi connectivity index (χ0n) is 12.5. The molecule has 0 saturated heterocycles. The third-order valence-electron chi connectivity index (χ3n) is 3.20. The lowest BCUT2D eigenvalue weighted by Crippen LogP contribution is -2.08. The van der Waals surface area contributed by atoms with Crippen LogP contribution >= 0.6 is 0 Å². The van der Waals surface area contributed by atoms with Crippen molar-refractivity contribution in [3.63, 3.8) is 0 Å². The van der Waals surface area contributed by atoms with E-state index in [1.807, 2.05) is 35.9 Å². The Morgan fingerprint density at radius 1 is 1.17 bits per heavy atom. The Morgan fingerprint density at radius 2 is 2.09 bits per heavy atom. The highest BCUT2D eigenvalue weighted by Crippen LogP contribution is 2.11. The number of hydrogen-bond donors (Lipinski definition) is 1. The highest BCUT2D eigenvalue weighted by atomic mass is 16.1. The molecule has 0 aliphatic rings. The van der Waals surface area contributed by atoms with Crippen molar-refractivity contribution in [3.8, 4) is 5.82 Å². The smallest absolute Gasteiger partial charge is 0.248 e. The highest BCUT2D eigenvalue weighted by molar-refractivity contribution is 6.01.